The fourth-order valence-corrected chi connectivity index (χ4v) is 0.517. The van der Waals surface area contributed by atoms with Crippen molar-refractivity contribution in [3.8, 4) is 0 Å². The van der Waals surface area contributed by atoms with Gasteiger partial charge < -0.3 is 20.4 Å². The largest absolute Gasteiger partial charge is 0.479 e. The van der Waals surface area contributed by atoms with Gasteiger partial charge in [-0.25, -0.2) is 0 Å². The molecule has 0 saturated carbocycles. The quantitative estimate of drug-likeness (QED) is 0.342. The molecule has 0 rings (SSSR count). The lowest BCUT2D eigenvalue weighted by molar-refractivity contribution is 0.0409. The van der Waals surface area contributed by atoms with Gasteiger partial charge in [-0.2, -0.15) is 0 Å². The number of nitrogens with two attached hydrogens (primary N) is 1. The second-order valence-electron chi connectivity index (χ2n) is 2.23. The fraction of sp³-hybridized carbons (Fsp3) is 0.857. The maximum atomic E-state index is 8.94. The molecule has 0 spiro atoms. The van der Waals surface area contributed by atoms with Crippen LogP contribution in [0.5, 0.6) is 0 Å². The molecule has 0 bridgehead atoms. The summed E-state index contributed by atoms with van der Waals surface area (Å²) >= 11 is 0. The Kier molecular flexibility index (Phi) is 6.41. The molecule has 5 heteroatoms. The number of aliphatic hydroxyl groups is 1. The van der Waals surface area contributed by atoms with E-state index in [1.165, 1.54) is 0 Å². The summed E-state index contributed by atoms with van der Waals surface area (Å²) in [6.07, 6.45) is -0.664. The predicted molar refractivity (Wildman–Crippen MR) is 45.7 cm³/mol. The van der Waals surface area contributed by atoms with E-state index in [0.717, 1.165) is 0 Å². The van der Waals surface area contributed by atoms with Gasteiger partial charge in [0.1, 0.15) is 12.7 Å². The van der Waals surface area contributed by atoms with Crippen LogP contribution in [0.25, 0.3) is 0 Å². The maximum absolute atomic E-state index is 8.94. The van der Waals surface area contributed by atoms with Crippen molar-refractivity contribution in [2.45, 2.75) is 20.0 Å². The van der Waals surface area contributed by atoms with E-state index in [1.54, 1.807) is 6.92 Å². The Morgan fingerprint density at radius 2 is 2.33 bits per heavy atom. The van der Waals surface area contributed by atoms with E-state index in [-0.39, 0.29) is 13.2 Å². The van der Waals surface area contributed by atoms with Crippen molar-refractivity contribution in [1.82, 2.24) is 0 Å². The zero-order valence-corrected chi connectivity index (χ0v) is 7.49. The maximum Gasteiger partial charge on any atom is 0.222 e. The number of aliphatic hydroxyl groups excluding tert-OH is 1. The van der Waals surface area contributed by atoms with Crippen LogP contribution in [0.1, 0.15) is 13.8 Å². The van der Waals surface area contributed by atoms with Gasteiger partial charge in [0.25, 0.3) is 0 Å². The molecule has 72 valence electrons. The molecule has 5 nitrogen and oxygen atoms in total. The molecule has 0 aromatic carbocycles. The number of rotatable bonds is 5. The lowest BCUT2D eigenvalue weighted by atomic mass is 10.4. The first-order valence-electron chi connectivity index (χ1n) is 3.88. The normalized spacial score (nSPS) is 14.2. The van der Waals surface area contributed by atoms with E-state index >= 15 is 0 Å². The van der Waals surface area contributed by atoms with Crippen molar-refractivity contribution in [1.29, 1.82) is 0 Å². The second kappa shape index (κ2) is 6.87. The van der Waals surface area contributed by atoms with Crippen molar-refractivity contribution in [3.63, 3.8) is 0 Å². The minimum absolute atomic E-state index is 0.0981. The van der Waals surface area contributed by atoms with Gasteiger partial charge in [0, 0.05) is 13.5 Å². The Hall–Kier alpha value is -0.810. The second-order valence-corrected chi connectivity index (χ2v) is 2.23. The highest BCUT2D eigenvalue weighted by molar-refractivity contribution is 5.72. The monoisotopic (exact) mass is 176 g/mol. The predicted octanol–water partition coefficient (Wildman–Crippen LogP) is -0.307. The molecule has 0 radical (unpaired) electrons. The first-order valence-corrected chi connectivity index (χ1v) is 3.88. The van der Waals surface area contributed by atoms with Gasteiger partial charge in [0.2, 0.25) is 5.90 Å². The van der Waals surface area contributed by atoms with Crippen LogP contribution in [0.15, 0.2) is 5.16 Å². The molecule has 1 atom stereocenters. The van der Waals surface area contributed by atoms with Gasteiger partial charge in [0.05, 0.1) is 6.61 Å². The summed E-state index contributed by atoms with van der Waals surface area (Å²) in [7, 11) is 0. The number of ether oxygens (including phenoxy) is 1. The zero-order valence-electron chi connectivity index (χ0n) is 7.49. The molecule has 0 heterocycles. The molecule has 3 N–H and O–H groups in total. The number of nitrogens with zero attached hydrogens (tertiary/aromatic N) is 1. The van der Waals surface area contributed by atoms with Crippen LogP contribution in [0.4, 0.5) is 0 Å². The van der Waals surface area contributed by atoms with Crippen LogP contribution in [-0.2, 0) is 9.57 Å². The first-order chi connectivity index (χ1) is 5.70. The third-order valence-electron chi connectivity index (χ3n) is 1.09. The molecule has 0 aromatic rings. The number of hydrogen-bond acceptors (Lipinski definition) is 5. The van der Waals surface area contributed by atoms with E-state index in [2.05, 4.69) is 5.16 Å². The Morgan fingerprint density at radius 3 is 2.83 bits per heavy atom. The molecule has 0 amide bonds. The SMILES string of the molecule is CCOC(C)=NOC[C@@H](O)CN. The average Bonchev–Trinajstić information content (AvgIpc) is 2.04. The van der Waals surface area contributed by atoms with Gasteiger partial charge in [-0.3, -0.25) is 0 Å². The third kappa shape index (κ3) is 5.94. The fourth-order valence-electron chi connectivity index (χ4n) is 0.517. The van der Waals surface area contributed by atoms with Gasteiger partial charge in [-0.1, -0.05) is 5.16 Å². The molecule has 0 fully saturated rings. The molecule has 0 saturated heterocycles. The average molecular weight is 176 g/mol. The van der Waals surface area contributed by atoms with Crippen molar-refractivity contribution >= 4 is 5.90 Å². The number of hydrogen-bond donors (Lipinski definition) is 2. The zero-order chi connectivity index (χ0) is 9.40. The van der Waals surface area contributed by atoms with Crippen LogP contribution in [0, 0.1) is 0 Å². The molecule has 0 aliphatic heterocycles. The van der Waals surface area contributed by atoms with E-state index in [4.69, 9.17) is 20.4 Å². The summed E-state index contributed by atoms with van der Waals surface area (Å²) in [4.78, 5) is 4.73. The van der Waals surface area contributed by atoms with Crippen molar-refractivity contribution in [3.05, 3.63) is 0 Å². The minimum Gasteiger partial charge on any atom is -0.479 e. The van der Waals surface area contributed by atoms with Gasteiger partial charge in [-0.15, -0.1) is 0 Å². The molecular weight excluding hydrogens is 160 g/mol. The summed E-state index contributed by atoms with van der Waals surface area (Å²) in [5, 5.41) is 12.5. The topological polar surface area (TPSA) is 77.1 Å². The van der Waals surface area contributed by atoms with Crippen molar-refractivity contribution in [2.24, 2.45) is 10.9 Å². The minimum atomic E-state index is -0.664. The smallest absolute Gasteiger partial charge is 0.222 e. The molecule has 0 aliphatic carbocycles. The summed E-state index contributed by atoms with van der Waals surface area (Å²) < 4.78 is 4.97. The first kappa shape index (κ1) is 11.2. The lowest BCUT2D eigenvalue weighted by Crippen LogP contribution is -2.24. The van der Waals surface area contributed by atoms with Crippen LogP contribution in [0.2, 0.25) is 0 Å². The van der Waals surface area contributed by atoms with Crippen LogP contribution < -0.4 is 5.73 Å². The van der Waals surface area contributed by atoms with E-state index < -0.39 is 6.10 Å². The molecule has 0 unspecified atom stereocenters. The van der Waals surface area contributed by atoms with E-state index in [9.17, 15) is 0 Å². The van der Waals surface area contributed by atoms with E-state index in [0.29, 0.717) is 12.5 Å². The molecular formula is C7H16N2O3. The lowest BCUT2D eigenvalue weighted by Gasteiger charge is -2.06. The Labute approximate surface area is 72.1 Å². The van der Waals surface area contributed by atoms with Crippen LogP contribution >= 0.6 is 0 Å². The Balaban J connectivity index is 3.45. The summed E-state index contributed by atoms with van der Waals surface area (Å²) in [5.41, 5.74) is 5.14. The van der Waals surface area contributed by atoms with Gasteiger partial charge in [-0.05, 0) is 6.92 Å². The molecule has 0 aliphatic rings. The number of oxime groups is 1. The highest BCUT2D eigenvalue weighted by Crippen LogP contribution is 1.86. The summed E-state index contributed by atoms with van der Waals surface area (Å²) in [5.74, 6) is 0.446. The van der Waals surface area contributed by atoms with Crippen molar-refractivity contribution < 1.29 is 14.7 Å². The third-order valence-corrected chi connectivity index (χ3v) is 1.09. The van der Waals surface area contributed by atoms with Crippen molar-refractivity contribution in [2.75, 3.05) is 19.8 Å². The standard InChI is InChI=1S/C7H16N2O3/c1-3-11-6(2)9-12-5-7(10)4-8/h7,10H,3-5,8H2,1-2H3/t7-/m0/s1. The van der Waals surface area contributed by atoms with Gasteiger partial charge >= 0.3 is 0 Å². The molecule has 12 heavy (non-hydrogen) atoms. The van der Waals surface area contributed by atoms with Crippen LogP contribution in [-0.4, -0.2) is 36.9 Å². The Morgan fingerprint density at radius 1 is 1.67 bits per heavy atom. The summed E-state index contributed by atoms with van der Waals surface area (Å²) in [6, 6.07) is 0. The summed E-state index contributed by atoms with van der Waals surface area (Å²) in [6.45, 7) is 4.36. The van der Waals surface area contributed by atoms with Crippen LogP contribution in [0.3, 0.4) is 0 Å². The van der Waals surface area contributed by atoms with E-state index in [1.807, 2.05) is 6.92 Å². The molecule has 0 aromatic heterocycles. The van der Waals surface area contributed by atoms with Gasteiger partial charge in [0.15, 0.2) is 0 Å². The highest BCUT2D eigenvalue weighted by atomic mass is 16.7. The highest BCUT2D eigenvalue weighted by Gasteiger charge is 1.99. The Bertz CT molecular complexity index is 139.